The molecule has 3 heterocycles. The quantitative estimate of drug-likeness (QED) is 0.485. The summed E-state index contributed by atoms with van der Waals surface area (Å²) < 4.78 is 10.0. The van der Waals surface area contributed by atoms with Crippen LogP contribution in [-0.2, 0) is 19.1 Å². The van der Waals surface area contributed by atoms with Gasteiger partial charge in [-0.3, -0.25) is 9.59 Å². The average Bonchev–Trinajstić information content (AvgIpc) is 2.87. The molecule has 0 aliphatic carbocycles. The molecule has 3 rings (SSSR count). The van der Waals surface area contributed by atoms with Crippen molar-refractivity contribution in [2.24, 2.45) is 11.8 Å². The molecule has 3 aliphatic rings. The smallest absolute Gasteiger partial charge is 0.410 e. The zero-order valence-corrected chi connectivity index (χ0v) is 11.2. The van der Waals surface area contributed by atoms with E-state index >= 15 is 0 Å². The standard InChI is InChI=1S/C13H17NO5/c1-13(2,3)19-12(17)14-6-4-5-7(14)9-8(6)10(15)18-11(9)16/h6-9H,4-5H2,1-3H3/t6?,7?,8-,9?/m0/s1. The van der Waals surface area contributed by atoms with Crippen LogP contribution < -0.4 is 0 Å². The molecule has 6 nitrogen and oxygen atoms in total. The van der Waals surface area contributed by atoms with Crippen LogP contribution in [0.3, 0.4) is 0 Å². The van der Waals surface area contributed by atoms with Gasteiger partial charge < -0.3 is 14.4 Å². The van der Waals surface area contributed by atoms with Crippen molar-refractivity contribution < 1.29 is 23.9 Å². The van der Waals surface area contributed by atoms with E-state index in [9.17, 15) is 14.4 Å². The highest BCUT2D eigenvalue weighted by molar-refractivity contribution is 5.99. The molecule has 4 atom stereocenters. The third-order valence-electron chi connectivity index (χ3n) is 4.04. The van der Waals surface area contributed by atoms with E-state index in [0.29, 0.717) is 0 Å². The molecule has 0 aromatic carbocycles. The zero-order valence-electron chi connectivity index (χ0n) is 11.2. The highest BCUT2D eigenvalue weighted by Crippen LogP contribution is 2.50. The lowest BCUT2D eigenvalue weighted by molar-refractivity contribution is -0.155. The Labute approximate surface area is 111 Å². The number of ether oxygens (including phenoxy) is 2. The minimum absolute atomic E-state index is 0.246. The molecule has 3 unspecified atom stereocenters. The van der Waals surface area contributed by atoms with Gasteiger partial charge in [0, 0.05) is 12.1 Å². The van der Waals surface area contributed by atoms with Crippen molar-refractivity contribution in [3.05, 3.63) is 0 Å². The fourth-order valence-corrected chi connectivity index (χ4v) is 3.48. The molecule has 0 N–H and O–H groups in total. The second kappa shape index (κ2) is 3.71. The van der Waals surface area contributed by atoms with Gasteiger partial charge in [-0.15, -0.1) is 0 Å². The van der Waals surface area contributed by atoms with Crippen molar-refractivity contribution in [1.29, 1.82) is 0 Å². The molecule has 0 aromatic heterocycles. The van der Waals surface area contributed by atoms with E-state index in [4.69, 9.17) is 4.74 Å². The van der Waals surface area contributed by atoms with Crippen LogP contribution in [0, 0.1) is 11.8 Å². The summed E-state index contributed by atoms with van der Waals surface area (Å²) in [4.78, 5) is 37.2. The Balaban J connectivity index is 1.85. The maximum absolute atomic E-state index is 12.2. The lowest BCUT2D eigenvalue weighted by atomic mass is 9.81. The lowest BCUT2D eigenvalue weighted by Crippen LogP contribution is -2.42. The average molecular weight is 267 g/mol. The maximum atomic E-state index is 12.2. The number of nitrogens with zero attached hydrogens (tertiary/aromatic N) is 1. The molecule has 0 aromatic rings. The molecule has 6 heteroatoms. The summed E-state index contributed by atoms with van der Waals surface area (Å²) in [5.41, 5.74) is -0.585. The number of hydrogen-bond donors (Lipinski definition) is 0. The SMILES string of the molecule is CC(C)(C)OC(=O)N1C2CCC1[C@@H]1C(=O)OC(=O)C21. The monoisotopic (exact) mass is 267 g/mol. The first-order chi connectivity index (χ1) is 8.79. The molecule has 3 aliphatic heterocycles. The second-order valence-corrected chi connectivity index (χ2v) is 6.39. The molecule has 0 spiro atoms. The van der Waals surface area contributed by atoms with Crippen LogP contribution in [0.25, 0.3) is 0 Å². The Kier molecular flexibility index (Phi) is 2.43. The van der Waals surface area contributed by atoms with E-state index in [2.05, 4.69) is 4.74 Å². The van der Waals surface area contributed by atoms with Crippen molar-refractivity contribution >= 4 is 18.0 Å². The number of esters is 2. The number of carbonyl (C=O) groups is 3. The highest BCUT2D eigenvalue weighted by Gasteiger charge is 2.65. The molecule has 104 valence electrons. The topological polar surface area (TPSA) is 72.9 Å². The van der Waals surface area contributed by atoms with Gasteiger partial charge in [-0.2, -0.15) is 0 Å². The van der Waals surface area contributed by atoms with Crippen LogP contribution in [0.1, 0.15) is 33.6 Å². The summed E-state index contributed by atoms with van der Waals surface area (Å²) in [6.45, 7) is 5.38. The molecule has 2 bridgehead atoms. The van der Waals surface area contributed by atoms with Crippen molar-refractivity contribution in [3.63, 3.8) is 0 Å². The summed E-state index contributed by atoms with van der Waals surface area (Å²) in [6, 6.07) is -0.493. The normalized spacial score (nSPS) is 36.5. The maximum Gasteiger partial charge on any atom is 0.410 e. The molecule has 19 heavy (non-hydrogen) atoms. The zero-order chi connectivity index (χ0) is 13.9. The number of fused-ring (bicyclic) bond motifs is 5. The van der Waals surface area contributed by atoms with Gasteiger partial charge in [0.15, 0.2) is 0 Å². The number of carbonyl (C=O) groups excluding carboxylic acids is 3. The summed E-state index contributed by atoms with van der Waals surface area (Å²) >= 11 is 0. The molecule has 3 saturated heterocycles. The van der Waals surface area contributed by atoms with Crippen molar-refractivity contribution in [1.82, 2.24) is 4.90 Å². The predicted molar refractivity (Wildman–Crippen MR) is 63.0 cm³/mol. The van der Waals surface area contributed by atoms with E-state index in [0.717, 1.165) is 12.8 Å². The van der Waals surface area contributed by atoms with Gasteiger partial charge in [-0.1, -0.05) is 0 Å². The van der Waals surface area contributed by atoms with E-state index in [-0.39, 0.29) is 12.1 Å². The molecular formula is C13H17NO5. The number of amides is 1. The minimum atomic E-state index is -0.585. The first-order valence-electron chi connectivity index (χ1n) is 6.56. The Morgan fingerprint density at radius 1 is 1.16 bits per heavy atom. The Morgan fingerprint density at radius 2 is 1.63 bits per heavy atom. The van der Waals surface area contributed by atoms with Crippen LogP contribution in [-0.4, -0.2) is 40.6 Å². The van der Waals surface area contributed by atoms with E-state index in [1.54, 1.807) is 25.7 Å². The second-order valence-electron chi connectivity index (χ2n) is 6.39. The van der Waals surface area contributed by atoms with Gasteiger partial charge in [0.1, 0.15) is 5.60 Å². The highest BCUT2D eigenvalue weighted by atomic mass is 16.6. The van der Waals surface area contributed by atoms with Crippen molar-refractivity contribution in [2.75, 3.05) is 0 Å². The summed E-state index contributed by atoms with van der Waals surface area (Å²) in [5, 5.41) is 0. The van der Waals surface area contributed by atoms with Crippen molar-refractivity contribution in [2.45, 2.75) is 51.3 Å². The number of rotatable bonds is 0. The van der Waals surface area contributed by atoms with Crippen molar-refractivity contribution in [3.8, 4) is 0 Å². The third-order valence-corrected chi connectivity index (χ3v) is 4.04. The summed E-state index contributed by atoms with van der Waals surface area (Å²) in [5.74, 6) is -1.95. The van der Waals surface area contributed by atoms with E-state index in [1.807, 2.05) is 0 Å². The van der Waals surface area contributed by atoms with Gasteiger partial charge in [0.05, 0.1) is 11.8 Å². The van der Waals surface area contributed by atoms with E-state index in [1.165, 1.54) is 0 Å². The predicted octanol–water partition coefficient (Wildman–Crippen LogP) is 1.08. The van der Waals surface area contributed by atoms with Crippen LogP contribution in [0.15, 0.2) is 0 Å². The van der Waals surface area contributed by atoms with Gasteiger partial charge in [0.2, 0.25) is 0 Å². The van der Waals surface area contributed by atoms with Gasteiger partial charge in [-0.05, 0) is 33.6 Å². The first-order valence-corrected chi connectivity index (χ1v) is 6.56. The van der Waals surface area contributed by atoms with Gasteiger partial charge in [-0.25, -0.2) is 4.79 Å². The van der Waals surface area contributed by atoms with Crippen LogP contribution in [0.4, 0.5) is 4.79 Å². The Hall–Kier alpha value is -1.59. The van der Waals surface area contributed by atoms with Gasteiger partial charge >= 0.3 is 18.0 Å². The van der Waals surface area contributed by atoms with Crippen LogP contribution >= 0.6 is 0 Å². The first kappa shape index (κ1) is 12.4. The third kappa shape index (κ3) is 1.73. The number of cyclic esters (lactones) is 2. The Morgan fingerprint density at radius 3 is 2.05 bits per heavy atom. The summed E-state index contributed by atoms with van der Waals surface area (Å²) in [6.07, 6.45) is 1.02. The molecule has 1 amide bonds. The number of hydrogen-bond acceptors (Lipinski definition) is 5. The molecule has 0 saturated carbocycles. The largest absolute Gasteiger partial charge is 0.444 e. The summed E-state index contributed by atoms with van der Waals surface area (Å²) in [7, 11) is 0. The lowest BCUT2D eigenvalue weighted by Gasteiger charge is -2.28. The fourth-order valence-electron chi connectivity index (χ4n) is 3.48. The van der Waals surface area contributed by atoms with E-state index < -0.39 is 35.5 Å². The fraction of sp³-hybridized carbons (Fsp3) is 0.769. The van der Waals surface area contributed by atoms with Gasteiger partial charge in [0.25, 0.3) is 0 Å². The van der Waals surface area contributed by atoms with Crippen LogP contribution in [0.2, 0.25) is 0 Å². The molecule has 0 radical (unpaired) electrons. The van der Waals surface area contributed by atoms with Crippen LogP contribution in [0.5, 0.6) is 0 Å². The molecule has 3 fully saturated rings. The molecular weight excluding hydrogens is 250 g/mol. The Bertz CT molecular complexity index is 438. The minimum Gasteiger partial charge on any atom is -0.444 e.